The van der Waals surface area contributed by atoms with Crippen LogP contribution >= 0.6 is 0 Å². The molecular weight excluding hydrogens is 400 g/mol. The van der Waals surface area contributed by atoms with Crippen molar-refractivity contribution in [1.82, 2.24) is 5.43 Å². The van der Waals surface area contributed by atoms with Crippen LogP contribution in [0.5, 0.6) is 5.75 Å². The molecule has 4 fully saturated rings. The third-order valence-corrected chi connectivity index (χ3v) is 7.59. The van der Waals surface area contributed by atoms with Gasteiger partial charge in [0.15, 0.2) is 0 Å². The molecule has 4 aliphatic rings. The van der Waals surface area contributed by atoms with E-state index in [1.807, 2.05) is 18.2 Å². The molecule has 2 atom stereocenters. The molecule has 2 unspecified atom stereocenters. The number of rotatable bonds is 5. The molecule has 6 rings (SSSR count). The molecule has 0 aliphatic heterocycles. The van der Waals surface area contributed by atoms with Crippen molar-refractivity contribution in [3.8, 4) is 5.75 Å². The van der Waals surface area contributed by atoms with Gasteiger partial charge < -0.3 is 4.74 Å². The van der Waals surface area contributed by atoms with Gasteiger partial charge >= 0.3 is 5.97 Å². The SMILES string of the molecule is CC12CC3CC(C)(C1)CC(C(=O)N/N=C/c1ccc(OC(=O)c4ccccc4)cc1)(C3)C2. The second kappa shape index (κ2) is 7.58. The molecule has 0 heterocycles. The number of hydrogen-bond donors (Lipinski definition) is 1. The van der Waals surface area contributed by atoms with E-state index >= 15 is 0 Å². The van der Waals surface area contributed by atoms with E-state index in [1.165, 1.54) is 19.3 Å². The maximum atomic E-state index is 13.2. The Kier molecular flexibility index (Phi) is 4.95. The largest absolute Gasteiger partial charge is 0.423 e. The summed E-state index contributed by atoms with van der Waals surface area (Å²) in [5.41, 5.74) is 4.49. The Hall–Kier alpha value is -2.95. The van der Waals surface area contributed by atoms with E-state index in [9.17, 15) is 9.59 Å². The van der Waals surface area contributed by atoms with E-state index in [2.05, 4.69) is 24.4 Å². The molecule has 1 amide bonds. The normalized spacial score (nSPS) is 32.8. The van der Waals surface area contributed by atoms with Gasteiger partial charge in [0.05, 0.1) is 17.2 Å². The summed E-state index contributed by atoms with van der Waals surface area (Å²) in [5.74, 6) is 0.818. The lowest BCUT2D eigenvalue weighted by Crippen LogP contribution is -2.59. The summed E-state index contributed by atoms with van der Waals surface area (Å²) in [5, 5.41) is 4.25. The van der Waals surface area contributed by atoms with E-state index in [4.69, 9.17) is 4.74 Å². The summed E-state index contributed by atoms with van der Waals surface area (Å²) in [4.78, 5) is 25.4. The van der Waals surface area contributed by atoms with Crippen LogP contribution in [0.4, 0.5) is 0 Å². The molecule has 166 valence electrons. The lowest BCUT2D eigenvalue weighted by Gasteiger charge is -2.64. The summed E-state index contributed by atoms with van der Waals surface area (Å²) >= 11 is 0. The van der Waals surface area contributed by atoms with Crippen molar-refractivity contribution >= 4 is 18.1 Å². The molecule has 0 aromatic heterocycles. The zero-order valence-corrected chi connectivity index (χ0v) is 18.8. The van der Waals surface area contributed by atoms with Crippen molar-refractivity contribution in [2.24, 2.45) is 27.3 Å². The Morgan fingerprint density at radius 1 is 0.938 bits per heavy atom. The molecule has 2 aromatic rings. The highest BCUT2D eigenvalue weighted by Gasteiger charge is 2.62. The molecule has 4 saturated carbocycles. The van der Waals surface area contributed by atoms with E-state index in [0.29, 0.717) is 28.1 Å². The topological polar surface area (TPSA) is 67.8 Å². The highest BCUT2D eigenvalue weighted by Crippen LogP contribution is 2.69. The van der Waals surface area contributed by atoms with E-state index in [1.54, 1.807) is 42.6 Å². The maximum absolute atomic E-state index is 13.2. The van der Waals surface area contributed by atoms with Gasteiger partial charge in [-0.3, -0.25) is 4.79 Å². The Morgan fingerprint density at radius 3 is 2.22 bits per heavy atom. The van der Waals surface area contributed by atoms with Crippen LogP contribution in [0, 0.1) is 22.2 Å². The van der Waals surface area contributed by atoms with Crippen LogP contribution in [0.2, 0.25) is 0 Å². The monoisotopic (exact) mass is 430 g/mol. The van der Waals surface area contributed by atoms with E-state index in [0.717, 1.165) is 24.8 Å². The van der Waals surface area contributed by atoms with Crippen LogP contribution in [0.1, 0.15) is 68.3 Å². The first-order valence-electron chi connectivity index (χ1n) is 11.5. The molecule has 5 nitrogen and oxygen atoms in total. The molecule has 5 heteroatoms. The van der Waals surface area contributed by atoms with Gasteiger partial charge in [0, 0.05) is 0 Å². The van der Waals surface area contributed by atoms with E-state index in [-0.39, 0.29) is 11.3 Å². The summed E-state index contributed by atoms with van der Waals surface area (Å²) in [6.07, 6.45) is 8.38. The van der Waals surface area contributed by atoms with Crippen molar-refractivity contribution < 1.29 is 14.3 Å². The van der Waals surface area contributed by atoms with Gasteiger partial charge in [-0.15, -0.1) is 0 Å². The maximum Gasteiger partial charge on any atom is 0.343 e. The Bertz CT molecular complexity index is 1040. The van der Waals surface area contributed by atoms with Gasteiger partial charge in [-0.1, -0.05) is 32.0 Å². The Morgan fingerprint density at radius 2 is 1.59 bits per heavy atom. The fourth-order valence-corrected chi connectivity index (χ4v) is 7.35. The summed E-state index contributed by atoms with van der Waals surface area (Å²) < 4.78 is 5.40. The number of nitrogens with one attached hydrogen (secondary N) is 1. The second-order valence-corrected chi connectivity index (χ2v) is 10.9. The van der Waals surface area contributed by atoms with Gasteiger partial charge in [0.2, 0.25) is 5.91 Å². The lowest BCUT2D eigenvalue weighted by atomic mass is 9.40. The number of ether oxygens (including phenoxy) is 1. The van der Waals surface area contributed by atoms with Crippen molar-refractivity contribution in [1.29, 1.82) is 0 Å². The number of esters is 1. The lowest BCUT2D eigenvalue weighted by molar-refractivity contribution is -0.170. The Balaban J connectivity index is 1.20. The van der Waals surface area contributed by atoms with Crippen molar-refractivity contribution in [2.45, 2.75) is 52.4 Å². The fraction of sp³-hybridized carbons (Fsp3) is 0.444. The van der Waals surface area contributed by atoms with Crippen molar-refractivity contribution in [3.05, 3.63) is 65.7 Å². The van der Waals surface area contributed by atoms with Gasteiger partial charge in [0.25, 0.3) is 0 Å². The number of nitrogens with zero attached hydrogens (tertiary/aromatic N) is 1. The number of hydrogen-bond acceptors (Lipinski definition) is 4. The first kappa shape index (κ1) is 20.9. The summed E-state index contributed by atoms with van der Waals surface area (Å²) in [6, 6.07) is 16.0. The van der Waals surface area contributed by atoms with Crippen LogP contribution < -0.4 is 10.2 Å². The first-order valence-corrected chi connectivity index (χ1v) is 11.5. The third kappa shape index (κ3) is 3.96. The molecule has 0 saturated heterocycles. The number of benzene rings is 2. The van der Waals surface area contributed by atoms with Crippen LogP contribution in [-0.2, 0) is 4.79 Å². The minimum atomic E-state index is -0.391. The fourth-order valence-electron chi connectivity index (χ4n) is 7.35. The van der Waals surface area contributed by atoms with Gasteiger partial charge in [-0.05, 0) is 97.2 Å². The zero-order chi connectivity index (χ0) is 22.4. The smallest absolute Gasteiger partial charge is 0.343 e. The Labute approximate surface area is 189 Å². The van der Waals surface area contributed by atoms with Crippen LogP contribution in [0.25, 0.3) is 0 Å². The number of carbonyl (C=O) groups is 2. The quantitative estimate of drug-likeness (QED) is 0.301. The van der Waals surface area contributed by atoms with E-state index < -0.39 is 5.97 Å². The van der Waals surface area contributed by atoms with Crippen molar-refractivity contribution in [3.63, 3.8) is 0 Å². The average Bonchev–Trinajstić information content (AvgIpc) is 2.73. The van der Waals surface area contributed by atoms with Crippen LogP contribution in [0.3, 0.4) is 0 Å². The molecule has 0 radical (unpaired) electrons. The predicted molar refractivity (Wildman–Crippen MR) is 123 cm³/mol. The molecule has 2 aromatic carbocycles. The number of amides is 1. The third-order valence-electron chi connectivity index (χ3n) is 7.59. The van der Waals surface area contributed by atoms with Gasteiger partial charge in [-0.25, -0.2) is 10.2 Å². The van der Waals surface area contributed by atoms with Gasteiger partial charge in [0.1, 0.15) is 5.75 Å². The second-order valence-electron chi connectivity index (χ2n) is 10.9. The highest BCUT2D eigenvalue weighted by atomic mass is 16.5. The first-order chi connectivity index (χ1) is 15.3. The summed E-state index contributed by atoms with van der Waals surface area (Å²) in [6.45, 7) is 4.74. The molecule has 4 aliphatic carbocycles. The highest BCUT2D eigenvalue weighted by molar-refractivity contribution is 5.91. The van der Waals surface area contributed by atoms with Crippen LogP contribution in [0.15, 0.2) is 59.7 Å². The molecular formula is C27H30N2O3. The standard InChI is InChI=1S/C27H30N2O3/c1-25-12-20-13-26(2,16-25)18-27(14-20,17-25)24(31)29-28-15-19-8-10-22(11-9-19)32-23(30)21-6-4-3-5-7-21/h3-11,15,20H,12-14,16-18H2,1-2H3,(H,29,31)/b28-15+. The minimum absolute atomic E-state index is 0.0729. The molecule has 0 spiro atoms. The zero-order valence-electron chi connectivity index (χ0n) is 18.8. The molecule has 4 bridgehead atoms. The minimum Gasteiger partial charge on any atom is -0.423 e. The average molecular weight is 431 g/mol. The number of carbonyl (C=O) groups excluding carboxylic acids is 2. The molecule has 1 N–H and O–H groups in total. The van der Waals surface area contributed by atoms with Crippen molar-refractivity contribution in [2.75, 3.05) is 0 Å². The van der Waals surface area contributed by atoms with Gasteiger partial charge in [-0.2, -0.15) is 5.10 Å². The summed E-state index contributed by atoms with van der Waals surface area (Å²) in [7, 11) is 0. The van der Waals surface area contributed by atoms with Crippen LogP contribution in [-0.4, -0.2) is 18.1 Å². The predicted octanol–water partition coefficient (Wildman–Crippen LogP) is 5.35. The molecule has 32 heavy (non-hydrogen) atoms. The number of hydrazone groups is 1.